The number of rotatable bonds is 2. The Balaban J connectivity index is 2.18. The predicted molar refractivity (Wildman–Crippen MR) is 44.6 cm³/mol. The average Bonchev–Trinajstić information content (AvgIpc) is 2.87. The molecule has 0 aromatic carbocycles. The zero-order chi connectivity index (χ0) is 8.55. The summed E-state index contributed by atoms with van der Waals surface area (Å²) in [6, 6.07) is 0. The second-order valence-corrected chi connectivity index (χ2v) is 3.32. The van der Waals surface area contributed by atoms with Gasteiger partial charge < -0.3 is 5.11 Å². The third kappa shape index (κ3) is 1.46. The van der Waals surface area contributed by atoms with Crippen molar-refractivity contribution in [3.63, 3.8) is 0 Å². The number of hydrogen-bond donors (Lipinski definition) is 1. The van der Waals surface area contributed by atoms with E-state index in [1.165, 1.54) is 12.8 Å². The maximum Gasteiger partial charge on any atom is 0.131 e. The van der Waals surface area contributed by atoms with Gasteiger partial charge in [0, 0.05) is 23.9 Å². The molecule has 1 unspecified atom stereocenters. The summed E-state index contributed by atoms with van der Waals surface area (Å²) < 4.78 is 0. The van der Waals surface area contributed by atoms with E-state index >= 15 is 0 Å². The molecule has 1 saturated carbocycles. The van der Waals surface area contributed by atoms with Gasteiger partial charge in [-0.05, 0) is 19.8 Å². The molecule has 1 fully saturated rings. The Morgan fingerprint density at radius 3 is 2.42 bits per heavy atom. The molecule has 0 aliphatic heterocycles. The van der Waals surface area contributed by atoms with E-state index in [-0.39, 0.29) is 0 Å². The molecular formula is C9H12N2O. The maximum absolute atomic E-state index is 9.19. The summed E-state index contributed by atoms with van der Waals surface area (Å²) in [4.78, 5) is 8.38. The van der Waals surface area contributed by atoms with E-state index < -0.39 is 6.10 Å². The molecule has 1 aliphatic carbocycles. The molecule has 12 heavy (non-hydrogen) atoms. The van der Waals surface area contributed by atoms with Gasteiger partial charge in [0.15, 0.2) is 0 Å². The van der Waals surface area contributed by atoms with Crippen molar-refractivity contribution in [2.45, 2.75) is 31.8 Å². The van der Waals surface area contributed by atoms with Crippen LogP contribution in [0.1, 0.15) is 43.2 Å². The van der Waals surface area contributed by atoms with Crippen LogP contribution >= 0.6 is 0 Å². The van der Waals surface area contributed by atoms with E-state index in [1.807, 2.05) is 0 Å². The van der Waals surface area contributed by atoms with Gasteiger partial charge in [-0.2, -0.15) is 0 Å². The zero-order valence-corrected chi connectivity index (χ0v) is 7.07. The Labute approximate surface area is 71.5 Å². The quantitative estimate of drug-likeness (QED) is 0.718. The Morgan fingerprint density at radius 2 is 2.00 bits per heavy atom. The van der Waals surface area contributed by atoms with Crippen molar-refractivity contribution in [3.05, 3.63) is 23.8 Å². The van der Waals surface area contributed by atoms with Gasteiger partial charge in [-0.1, -0.05) is 0 Å². The Bertz CT molecular complexity index is 243. The molecule has 2 rings (SSSR count). The Kier molecular flexibility index (Phi) is 1.81. The van der Waals surface area contributed by atoms with Gasteiger partial charge in [0.2, 0.25) is 0 Å². The first-order valence-electron chi connectivity index (χ1n) is 4.27. The van der Waals surface area contributed by atoms with E-state index in [2.05, 4.69) is 9.97 Å². The summed E-state index contributed by atoms with van der Waals surface area (Å²) in [5.74, 6) is 1.52. The Hall–Kier alpha value is -0.960. The highest BCUT2D eigenvalue weighted by Gasteiger charge is 2.26. The molecule has 1 aliphatic rings. The van der Waals surface area contributed by atoms with Crippen LogP contribution in [0, 0.1) is 0 Å². The fourth-order valence-corrected chi connectivity index (χ4v) is 1.12. The molecular weight excluding hydrogens is 152 g/mol. The van der Waals surface area contributed by atoms with E-state index in [9.17, 15) is 5.11 Å². The van der Waals surface area contributed by atoms with Crippen molar-refractivity contribution in [3.8, 4) is 0 Å². The Morgan fingerprint density at radius 1 is 1.42 bits per heavy atom. The van der Waals surface area contributed by atoms with Crippen molar-refractivity contribution in [2.75, 3.05) is 0 Å². The number of aliphatic hydroxyl groups excluding tert-OH is 1. The minimum absolute atomic E-state index is 0.460. The molecule has 1 atom stereocenters. The first-order valence-corrected chi connectivity index (χ1v) is 4.27. The predicted octanol–water partition coefficient (Wildman–Crippen LogP) is 1.41. The SMILES string of the molecule is CC(O)c1cnc(C2CC2)nc1. The molecule has 0 amide bonds. The molecule has 3 heteroatoms. The summed E-state index contributed by atoms with van der Waals surface area (Å²) in [5.41, 5.74) is 0.791. The standard InChI is InChI=1S/C9H12N2O/c1-6(12)8-4-10-9(11-5-8)7-2-3-7/h4-7,12H,2-3H2,1H3. The van der Waals surface area contributed by atoms with Crippen molar-refractivity contribution < 1.29 is 5.11 Å². The lowest BCUT2D eigenvalue weighted by atomic mass is 10.2. The lowest BCUT2D eigenvalue weighted by Crippen LogP contribution is -1.97. The number of hydrogen-bond acceptors (Lipinski definition) is 3. The lowest BCUT2D eigenvalue weighted by Gasteiger charge is -2.03. The van der Waals surface area contributed by atoms with Crippen LogP contribution in [-0.4, -0.2) is 15.1 Å². The van der Waals surface area contributed by atoms with Crippen molar-refractivity contribution >= 4 is 0 Å². The third-order valence-electron chi connectivity index (χ3n) is 2.12. The van der Waals surface area contributed by atoms with Gasteiger partial charge in [-0.3, -0.25) is 0 Å². The fraction of sp³-hybridized carbons (Fsp3) is 0.556. The summed E-state index contributed by atoms with van der Waals surface area (Å²) in [6.45, 7) is 1.72. The van der Waals surface area contributed by atoms with Crippen LogP contribution in [0.5, 0.6) is 0 Å². The second-order valence-electron chi connectivity index (χ2n) is 3.32. The summed E-state index contributed by atoms with van der Waals surface area (Å²) in [6.07, 6.45) is 5.40. The van der Waals surface area contributed by atoms with Crippen molar-refractivity contribution in [1.29, 1.82) is 0 Å². The monoisotopic (exact) mass is 164 g/mol. The highest BCUT2D eigenvalue weighted by atomic mass is 16.3. The molecule has 1 heterocycles. The third-order valence-corrected chi connectivity index (χ3v) is 2.12. The fourth-order valence-electron chi connectivity index (χ4n) is 1.12. The van der Waals surface area contributed by atoms with E-state index in [1.54, 1.807) is 19.3 Å². The largest absolute Gasteiger partial charge is 0.389 e. The number of aliphatic hydroxyl groups is 1. The number of aromatic nitrogens is 2. The van der Waals surface area contributed by atoms with Crippen LogP contribution in [0.4, 0.5) is 0 Å². The van der Waals surface area contributed by atoms with Crippen LogP contribution in [0.25, 0.3) is 0 Å². The molecule has 64 valence electrons. The smallest absolute Gasteiger partial charge is 0.131 e. The molecule has 3 nitrogen and oxygen atoms in total. The maximum atomic E-state index is 9.19. The molecule has 0 bridgehead atoms. The zero-order valence-electron chi connectivity index (χ0n) is 7.07. The molecule has 0 saturated heterocycles. The summed E-state index contributed by atoms with van der Waals surface area (Å²) in [7, 11) is 0. The van der Waals surface area contributed by atoms with Crippen molar-refractivity contribution in [2.24, 2.45) is 0 Å². The summed E-state index contributed by atoms with van der Waals surface area (Å²) >= 11 is 0. The molecule has 0 spiro atoms. The van der Waals surface area contributed by atoms with Crippen LogP contribution in [0.15, 0.2) is 12.4 Å². The number of nitrogens with zero attached hydrogens (tertiary/aromatic N) is 2. The van der Waals surface area contributed by atoms with Gasteiger partial charge in [-0.15, -0.1) is 0 Å². The van der Waals surface area contributed by atoms with Gasteiger partial charge in [-0.25, -0.2) is 9.97 Å². The first-order chi connectivity index (χ1) is 5.77. The molecule has 1 aromatic heterocycles. The van der Waals surface area contributed by atoms with E-state index in [0.29, 0.717) is 5.92 Å². The van der Waals surface area contributed by atoms with E-state index in [4.69, 9.17) is 0 Å². The highest BCUT2D eigenvalue weighted by Crippen LogP contribution is 2.37. The van der Waals surface area contributed by atoms with Crippen molar-refractivity contribution in [1.82, 2.24) is 9.97 Å². The second kappa shape index (κ2) is 2.83. The average molecular weight is 164 g/mol. The van der Waals surface area contributed by atoms with Gasteiger partial charge in [0.1, 0.15) is 5.82 Å². The van der Waals surface area contributed by atoms with E-state index in [0.717, 1.165) is 11.4 Å². The highest BCUT2D eigenvalue weighted by molar-refractivity contribution is 5.12. The van der Waals surface area contributed by atoms with Gasteiger partial charge >= 0.3 is 0 Å². The summed E-state index contributed by atoms with van der Waals surface area (Å²) in [5, 5.41) is 9.19. The minimum Gasteiger partial charge on any atom is -0.389 e. The first kappa shape index (κ1) is 7.68. The van der Waals surface area contributed by atoms with Crippen LogP contribution in [-0.2, 0) is 0 Å². The normalized spacial score (nSPS) is 19.2. The lowest BCUT2D eigenvalue weighted by molar-refractivity contribution is 0.198. The molecule has 0 radical (unpaired) electrons. The van der Waals surface area contributed by atoms with Crippen LogP contribution < -0.4 is 0 Å². The molecule has 1 N–H and O–H groups in total. The van der Waals surface area contributed by atoms with Gasteiger partial charge in [0.25, 0.3) is 0 Å². The van der Waals surface area contributed by atoms with Crippen LogP contribution in [0.2, 0.25) is 0 Å². The topological polar surface area (TPSA) is 46.0 Å². The van der Waals surface area contributed by atoms with Gasteiger partial charge in [0.05, 0.1) is 6.10 Å². The van der Waals surface area contributed by atoms with Crippen LogP contribution in [0.3, 0.4) is 0 Å². The minimum atomic E-state index is -0.460. The molecule has 1 aromatic rings.